The molecule has 0 radical (unpaired) electrons. The Labute approximate surface area is 145 Å². The lowest BCUT2D eigenvalue weighted by Crippen LogP contribution is -2.54. The summed E-state index contributed by atoms with van der Waals surface area (Å²) in [5.74, 6) is 0.377. The zero-order chi connectivity index (χ0) is 16.6. The van der Waals surface area contributed by atoms with Gasteiger partial charge in [-0.05, 0) is 31.4 Å². The van der Waals surface area contributed by atoms with Crippen LogP contribution in [0, 0.1) is 5.92 Å². The molecule has 128 valence electrons. The van der Waals surface area contributed by atoms with Gasteiger partial charge in [0.25, 0.3) is 0 Å². The number of thiazole rings is 1. The second-order valence-electron chi connectivity index (χ2n) is 7.02. The molecular weight excluding hydrogens is 322 g/mol. The molecule has 0 spiro atoms. The number of likely N-dealkylation sites (tertiary alicyclic amines) is 1. The normalized spacial score (nSPS) is 27.0. The summed E-state index contributed by atoms with van der Waals surface area (Å²) < 4.78 is 1.96. The van der Waals surface area contributed by atoms with Crippen LogP contribution in [-0.4, -0.2) is 44.2 Å². The van der Waals surface area contributed by atoms with Crippen molar-refractivity contribution in [1.82, 2.24) is 14.5 Å². The molecule has 6 heteroatoms. The molecule has 1 saturated carbocycles. The van der Waals surface area contributed by atoms with Crippen molar-refractivity contribution in [3.05, 3.63) is 35.6 Å². The molecule has 2 aliphatic rings. The molecule has 24 heavy (non-hydrogen) atoms. The van der Waals surface area contributed by atoms with Gasteiger partial charge < -0.3 is 14.6 Å². The van der Waals surface area contributed by atoms with Crippen LogP contribution >= 0.6 is 11.3 Å². The number of nitrogens with zero attached hydrogens (tertiary/aromatic N) is 3. The minimum absolute atomic E-state index is 0.131. The zero-order valence-corrected chi connectivity index (χ0v) is 14.5. The number of amides is 1. The molecule has 2 atom stereocenters. The first-order valence-corrected chi connectivity index (χ1v) is 9.60. The van der Waals surface area contributed by atoms with E-state index in [-0.39, 0.29) is 11.8 Å². The summed E-state index contributed by atoms with van der Waals surface area (Å²) in [7, 11) is 0. The number of carbonyl (C=O) groups excluding carboxylic acids is 1. The van der Waals surface area contributed by atoms with Gasteiger partial charge in [0.2, 0.25) is 5.91 Å². The average molecular weight is 345 g/mol. The summed E-state index contributed by atoms with van der Waals surface area (Å²) in [6, 6.07) is 3.93. The van der Waals surface area contributed by atoms with Crippen LogP contribution in [0.15, 0.2) is 29.9 Å². The molecule has 1 N–H and O–H groups in total. The average Bonchev–Trinajstić information content (AvgIpc) is 3.25. The molecule has 5 nitrogen and oxygen atoms in total. The Morgan fingerprint density at radius 2 is 2.17 bits per heavy atom. The van der Waals surface area contributed by atoms with Crippen LogP contribution in [0.3, 0.4) is 0 Å². The Morgan fingerprint density at radius 3 is 3.00 bits per heavy atom. The smallest absolute Gasteiger partial charge is 0.228 e. The van der Waals surface area contributed by atoms with E-state index >= 15 is 0 Å². The Hall–Kier alpha value is -1.66. The van der Waals surface area contributed by atoms with Crippen molar-refractivity contribution in [3.63, 3.8) is 0 Å². The number of aliphatic hydroxyl groups is 1. The van der Waals surface area contributed by atoms with E-state index < -0.39 is 5.60 Å². The summed E-state index contributed by atoms with van der Waals surface area (Å²) in [5, 5.41) is 13.6. The molecule has 2 aromatic heterocycles. The first-order valence-electron chi connectivity index (χ1n) is 8.72. The minimum atomic E-state index is -0.531. The van der Waals surface area contributed by atoms with Crippen molar-refractivity contribution in [2.75, 3.05) is 13.1 Å². The lowest BCUT2D eigenvalue weighted by Gasteiger charge is -2.47. The van der Waals surface area contributed by atoms with Crippen LogP contribution in [0.5, 0.6) is 0 Å². The van der Waals surface area contributed by atoms with E-state index in [4.69, 9.17) is 0 Å². The standard InChI is InChI=1S/C18H23N3O2S/c22-16(11-15-13-24-17(19-15)20-8-3-4-9-20)21-10-7-18(23)6-2-1-5-14(18)12-21/h3-4,8-9,13-14,23H,1-2,5-7,10-12H2/t14-,18-/m1/s1. The molecule has 4 rings (SSSR count). The van der Waals surface area contributed by atoms with Crippen molar-refractivity contribution in [3.8, 4) is 5.13 Å². The first kappa shape index (κ1) is 15.8. The van der Waals surface area contributed by atoms with Crippen LogP contribution in [-0.2, 0) is 11.2 Å². The van der Waals surface area contributed by atoms with Crippen molar-refractivity contribution >= 4 is 17.2 Å². The highest BCUT2D eigenvalue weighted by molar-refractivity contribution is 7.12. The number of aromatic nitrogens is 2. The maximum Gasteiger partial charge on any atom is 0.228 e. The number of rotatable bonds is 3. The molecule has 1 saturated heterocycles. The maximum atomic E-state index is 12.6. The largest absolute Gasteiger partial charge is 0.389 e. The van der Waals surface area contributed by atoms with E-state index in [1.54, 1.807) is 11.3 Å². The van der Waals surface area contributed by atoms with Gasteiger partial charge in [-0.2, -0.15) is 0 Å². The predicted octanol–water partition coefficient (Wildman–Crippen LogP) is 2.63. The monoisotopic (exact) mass is 345 g/mol. The third kappa shape index (κ3) is 3.00. The second-order valence-corrected chi connectivity index (χ2v) is 7.86. The summed E-state index contributed by atoms with van der Waals surface area (Å²) >= 11 is 1.55. The van der Waals surface area contributed by atoms with E-state index in [2.05, 4.69) is 4.98 Å². The fourth-order valence-electron chi connectivity index (χ4n) is 4.02. The third-order valence-electron chi connectivity index (χ3n) is 5.48. The van der Waals surface area contributed by atoms with Crippen LogP contribution < -0.4 is 0 Å². The van der Waals surface area contributed by atoms with Gasteiger partial charge >= 0.3 is 0 Å². The van der Waals surface area contributed by atoms with Gasteiger partial charge in [0.1, 0.15) is 0 Å². The first-order chi connectivity index (χ1) is 11.6. The molecule has 0 bridgehead atoms. The number of hydrogen-bond donors (Lipinski definition) is 1. The molecule has 3 heterocycles. The summed E-state index contributed by atoms with van der Waals surface area (Å²) in [6.07, 6.45) is 9.19. The van der Waals surface area contributed by atoms with Gasteiger partial charge in [0, 0.05) is 36.8 Å². The maximum absolute atomic E-state index is 12.6. The number of hydrogen-bond acceptors (Lipinski definition) is 4. The van der Waals surface area contributed by atoms with Crippen molar-refractivity contribution in [2.24, 2.45) is 5.92 Å². The van der Waals surface area contributed by atoms with Crippen molar-refractivity contribution < 1.29 is 9.90 Å². The van der Waals surface area contributed by atoms with E-state index in [1.807, 2.05) is 39.4 Å². The predicted molar refractivity (Wildman–Crippen MR) is 93.2 cm³/mol. The lowest BCUT2D eigenvalue weighted by atomic mass is 9.71. The van der Waals surface area contributed by atoms with E-state index in [1.165, 1.54) is 6.42 Å². The molecule has 0 unspecified atom stereocenters. The molecule has 1 aliphatic carbocycles. The highest BCUT2D eigenvalue weighted by Crippen LogP contribution is 2.39. The Kier molecular flexibility index (Phi) is 4.18. The number of fused-ring (bicyclic) bond motifs is 1. The van der Waals surface area contributed by atoms with Crippen LogP contribution in [0.25, 0.3) is 5.13 Å². The van der Waals surface area contributed by atoms with Crippen LogP contribution in [0.4, 0.5) is 0 Å². The highest BCUT2D eigenvalue weighted by atomic mass is 32.1. The molecule has 0 aromatic carbocycles. The van der Waals surface area contributed by atoms with E-state index in [0.29, 0.717) is 19.5 Å². The summed E-state index contributed by atoms with van der Waals surface area (Å²) in [4.78, 5) is 19.1. The Bertz CT molecular complexity index is 712. The third-order valence-corrected chi connectivity index (χ3v) is 6.38. The molecule has 2 fully saturated rings. The fourth-order valence-corrected chi connectivity index (χ4v) is 4.81. The van der Waals surface area contributed by atoms with Crippen LogP contribution in [0.2, 0.25) is 0 Å². The van der Waals surface area contributed by atoms with Gasteiger partial charge in [-0.3, -0.25) is 4.79 Å². The highest BCUT2D eigenvalue weighted by Gasteiger charge is 2.43. The van der Waals surface area contributed by atoms with Gasteiger partial charge in [-0.15, -0.1) is 11.3 Å². The molecule has 1 amide bonds. The van der Waals surface area contributed by atoms with Gasteiger partial charge in [0.15, 0.2) is 5.13 Å². The zero-order valence-electron chi connectivity index (χ0n) is 13.7. The van der Waals surface area contributed by atoms with Crippen LogP contribution in [0.1, 0.15) is 37.8 Å². The minimum Gasteiger partial charge on any atom is -0.389 e. The van der Waals surface area contributed by atoms with E-state index in [0.717, 1.165) is 36.5 Å². The lowest BCUT2D eigenvalue weighted by molar-refractivity contribution is -0.142. The number of piperidine rings is 1. The molecular formula is C18H23N3O2S. The quantitative estimate of drug-likeness (QED) is 0.930. The summed E-state index contributed by atoms with van der Waals surface area (Å²) in [5.41, 5.74) is 0.301. The SMILES string of the molecule is O=C(Cc1csc(-n2cccc2)n1)N1CC[C@]2(O)CCCC[C@@H]2C1. The molecule has 2 aromatic rings. The Balaban J connectivity index is 1.40. The fraction of sp³-hybridized carbons (Fsp3) is 0.556. The second kappa shape index (κ2) is 6.33. The van der Waals surface area contributed by atoms with Crippen molar-refractivity contribution in [2.45, 2.75) is 44.1 Å². The number of carbonyl (C=O) groups is 1. The molecule has 1 aliphatic heterocycles. The van der Waals surface area contributed by atoms with Gasteiger partial charge in [0.05, 0.1) is 17.7 Å². The van der Waals surface area contributed by atoms with Crippen molar-refractivity contribution in [1.29, 1.82) is 0 Å². The van der Waals surface area contributed by atoms with Gasteiger partial charge in [-0.1, -0.05) is 12.8 Å². The Morgan fingerprint density at radius 1 is 1.33 bits per heavy atom. The topological polar surface area (TPSA) is 58.4 Å². The summed E-state index contributed by atoms with van der Waals surface area (Å²) in [6.45, 7) is 1.37. The van der Waals surface area contributed by atoms with Gasteiger partial charge in [-0.25, -0.2) is 4.98 Å². The van der Waals surface area contributed by atoms with E-state index in [9.17, 15) is 9.90 Å².